The lowest BCUT2D eigenvalue weighted by Gasteiger charge is -2.12. The Morgan fingerprint density at radius 3 is 2.14 bits per heavy atom. The third-order valence-electron chi connectivity index (χ3n) is 2.90. The van der Waals surface area contributed by atoms with Gasteiger partial charge >= 0.3 is 0 Å². The first-order valence-corrected chi connectivity index (χ1v) is 6.23. The van der Waals surface area contributed by atoms with Gasteiger partial charge in [0.15, 0.2) is 23.3 Å². The molecule has 0 spiro atoms. The van der Waals surface area contributed by atoms with E-state index in [1.54, 1.807) is 10.7 Å². The maximum absolute atomic E-state index is 13.5. The summed E-state index contributed by atoms with van der Waals surface area (Å²) in [6.07, 6.45) is 2.28. The average molecular weight is 305 g/mol. The molecule has 0 saturated heterocycles. The van der Waals surface area contributed by atoms with Gasteiger partial charge in [-0.2, -0.15) is 5.10 Å². The molecule has 0 saturated carbocycles. The van der Waals surface area contributed by atoms with E-state index in [0.717, 1.165) is 6.42 Å². The second-order valence-electron chi connectivity index (χ2n) is 4.34. The maximum Gasteiger partial charge on any atom is 0.200 e. The molecule has 2 rings (SSSR count). The highest BCUT2D eigenvalue weighted by molar-refractivity contribution is 5.47. The van der Waals surface area contributed by atoms with Gasteiger partial charge in [-0.3, -0.25) is 4.68 Å². The van der Waals surface area contributed by atoms with Gasteiger partial charge in [-0.15, -0.1) is 0 Å². The van der Waals surface area contributed by atoms with E-state index in [1.807, 2.05) is 6.92 Å². The third-order valence-corrected chi connectivity index (χ3v) is 2.90. The SMILES string of the molecule is CCCn1nccc1CNc1c(F)c(F)c(F)c(F)c1F. The molecule has 0 bridgehead atoms. The minimum atomic E-state index is -2.17. The summed E-state index contributed by atoms with van der Waals surface area (Å²) in [6.45, 7) is 2.39. The van der Waals surface area contributed by atoms with E-state index >= 15 is 0 Å². The van der Waals surface area contributed by atoms with Gasteiger partial charge in [-0.05, 0) is 12.5 Å². The van der Waals surface area contributed by atoms with Gasteiger partial charge < -0.3 is 5.32 Å². The Kier molecular flexibility index (Phi) is 4.44. The van der Waals surface area contributed by atoms with Crippen molar-refractivity contribution in [2.24, 2.45) is 0 Å². The number of hydrogen-bond acceptors (Lipinski definition) is 2. The van der Waals surface area contributed by atoms with Crippen molar-refractivity contribution in [2.45, 2.75) is 26.4 Å². The molecule has 0 aliphatic carbocycles. The Morgan fingerprint density at radius 2 is 1.57 bits per heavy atom. The average Bonchev–Trinajstić information content (AvgIpc) is 2.91. The van der Waals surface area contributed by atoms with E-state index in [4.69, 9.17) is 0 Å². The molecule has 0 aliphatic heterocycles. The third kappa shape index (κ3) is 2.84. The van der Waals surface area contributed by atoms with Crippen LogP contribution in [0.2, 0.25) is 0 Å². The number of aryl methyl sites for hydroxylation is 1. The largest absolute Gasteiger partial charge is 0.374 e. The van der Waals surface area contributed by atoms with Crippen LogP contribution in [0.15, 0.2) is 12.3 Å². The summed E-state index contributed by atoms with van der Waals surface area (Å²) in [5.41, 5.74) is -0.476. The molecule has 0 fully saturated rings. The molecular formula is C13H12F5N3. The quantitative estimate of drug-likeness (QED) is 0.519. The lowest BCUT2D eigenvalue weighted by molar-refractivity contribution is 0.381. The number of benzene rings is 1. The summed E-state index contributed by atoms with van der Waals surface area (Å²) in [4.78, 5) is 0. The Bertz CT molecular complexity index is 624. The highest BCUT2D eigenvalue weighted by Gasteiger charge is 2.25. The molecule has 1 aromatic carbocycles. The minimum Gasteiger partial charge on any atom is -0.374 e. The second-order valence-corrected chi connectivity index (χ2v) is 4.34. The molecule has 2 aromatic rings. The van der Waals surface area contributed by atoms with Crippen LogP contribution in [-0.4, -0.2) is 9.78 Å². The van der Waals surface area contributed by atoms with Crippen LogP contribution in [0.3, 0.4) is 0 Å². The summed E-state index contributed by atoms with van der Waals surface area (Å²) < 4.78 is 67.5. The molecule has 1 N–H and O–H groups in total. The zero-order valence-electron chi connectivity index (χ0n) is 11.1. The molecule has 3 nitrogen and oxygen atoms in total. The molecule has 8 heteroatoms. The first kappa shape index (κ1) is 15.3. The van der Waals surface area contributed by atoms with Crippen LogP contribution in [0, 0.1) is 29.1 Å². The fourth-order valence-corrected chi connectivity index (χ4v) is 1.86. The Hall–Kier alpha value is -2.12. The topological polar surface area (TPSA) is 29.9 Å². The molecule has 1 aromatic heterocycles. The highest BCUT2D eigenvalue weighted by Crippen LogP contribution is 2.27. The molecule has 0 amide bonds. The van der Waals surface area contributed by atoms with Crippen LogP contribution in [0.25, 0.3) is 0 Å². The van der Waals surface area contributed by atoms with Gasteiger partial charge in [-0.1, -0.05) is 6.92 Å². The zero-order chi connectivity index (χ0) is 15.6. The van der Waals surface area contributed by atoms with Crippen LogP contribution >= 0.6 is 0 Å². The van der Waals surface area contributed by atoms with Crippen molar-refractivity contribution in [2.75, 3.05) is 5.32 Å². The van der Waals surface area contributed by atoms with Gasteiger partial charge in [0, 0.05) is 12.7 Å². The highest BCUT2D eigenvalue weighted by atomic mass is 19.2. The van der Waals surface area contributed by atoms with E-state index in [-0.39, 0.29) is 6.54 Å². The molecule has 0 radical (unpaired) electrons. The first-order chi connectivity index (χ1) is 9.97. The van der Waals surface area contributed by atoms with E-state index in [1.165, 1.54) is 6.20 Å². The van der Waals surface area contributed by atoms with Gasteiger partial charge in [0.05, 0.1) is 12.2 Å². The Balaban J connectivity index is 2.26. The summed E-state index contributed by atoms with van der Waals surface area (Å²) in [5.74, 6) is -9.88. The summed E-state index contributed by atoms with van der Waals surface area (Å²) in [6, 6.07) is 1.59. The van der Waals surface area contributed by atoms with Crippen molar-refractivity contribution >= 4 is 5.69 Å². The number of hydrogen-bond donors (Lipinski definition) is 1. The fourth-order valence-electron chi connectivity index (χ4n) is 1.86. The Morgan fingerprint density at radius 1 is 1.00 bits per heavy atom. The normalized spacial score (nSPS) is 11.0. The van der Waals surface area contributed by atoms with Gasteiger partial charge in [0.2, 0.25) is 5.82 Å². The summed E-state index contributed by atoms with van der Waals surface area (Å²) >= 11 is 0. The van der Waals surface area contributed by atoms with Crippen molar-refractivity contribution in [3.8, 4) is 0 Å². The van der Waals surface area contributed by atoms with Crippen LogP contribution in [0.1, 0.15) is 19.0 Å². The van der Waals surface area contributed by atoms with E-state index in [9.17, 15) is 22.0 Å². The van der Waals surface area contributed by atoms with Crippen LogP contribution in [0.5, 0.6) is 0 Å². The summed E-state index contributed by atoms with van der Waals surface area (Å²) in [5, 5.41) is 6.23. The number of anilines is 1. The molecular weight excluding hydrogens is 293 g/mol. The van der Waals surface area contributed by atoms with Crippen LogP contribution < -0.4 is 5.32 Å². The van der Waals surface area contributed by atoms with E-state index in [0.29, 0.717) is 12.2 Å². The van der Waals surface area contributed by atoms with Crippen molar-refractivity contribution < 1.29 is 22.0 Å². The lowest BCUT2D eigenvalue weighted by atomic mass is 10.2. The Labute approximate surface area is 117 Å². The van der Waals surface area contributed by atoms with Crippen LogP contribution in [0.4, 0.5) is 27.6 Å². The summed E-state index contributed by atoms with van der Waals surface area (Å²) in [7, 11) is 0. The number of halogens is 5. The van der Waals surface area contributed by atoms with Crippen molar-refractivity contribution in [3.63, 3.8) is 0 Å². The standard InChI is InChI=1S/C13H12F5N3/c1-2-5-21-7(3-4-20-21)6-19-13-11(17)9(15)8(14)10(16)12(13)18/h3-4,19H,2,5-6H2,1H3. The number of rotatable bonds is 5. The predicted molar refractivity (Wildman–Crippen MR) is 66.1 cm³/mol. The lowest BCUT2D eigenvalue weighted by Crippen LogP contribution is -2.13. The molecule has 0 unspecified atom stereocenters. The monoisotopic (exact) mass is 305 g/mol. The number of nitrogens with zero attached hydrogens (tertiary/aromatic N) is 2. The van der Waals surface area contributed by atoms with Crippen molar-refractivity contribution in [3.05, 3.63) is 47.0 Å². The van der Waals surface area contributed by atoms with E-state index < -0.39 is 34.8 Å². The first-order valence-electron chi connectivity index (χ1n) is 6.23. The van der Waals surface area contributed by atoms with Crippen molar-refractivity contribution in [1.82, 2.24) is 9.78 Å². The van der Waals surface area contributed by atoms with Crippen molar-refractivity contribution in [1.29, 1.82) is 0 Å². The number of nitrogens with one attached hydrogen (secondary N) is 1. The smallest absolute Gasteiger partial charge is 0.200 e. The molecule has 0 atom stereocenters. The second kappa shape index (κ2) is 6.11. The van der Waals surface area contributed by atoms with Crippen LogP contribution in [-0.2, 0) is 13.1 Å². The molecule has 1 heterocycles. The van der Waals surface area contributed by atoms with Gasteiger partial charge in [0.25, 0.3) is 0 Å². The zero-order valence-corrected chi connectivity index (χ0v) is 11.1. The van der Waals surface area contributed by atoms with Gasteiger partial charge in [0.1, 0.15) is 5.69 Å². The maximum atomic E-state index is 13.5. The van der Waals surface area contributed by atoms with Gasteiger partial charge in [-0.25, -0.2) is 22.0 Å². The molecule has 114 valence electrons. The predicted octanol–water partition coefficient (Wildman–Crippen LogP) is 3.60. The molecule has 21 heavy (non-hydrogen) atoms. The fraction of sp³-hybridized carbons (Fsp3) is 0.308. The molecule has 0 aliphatic rings. The number of aromatic nitrogens is 2. The van der Waals surface area contributed by atoms with E-state index in [2.05, 4.69) is 10.4 Å². The minimum absolute atomic E-state index is 0.113.